The van der Waals surface area contributed by atoms with E-state index in [1.165, 1.54) is 5.56 Å². The van der Waals surface area contributed by atoms with Crippen molar-refractivity contribution < 1.29 is 0 Å². The summed E-state index contributed by atoms with van der Waals surface area (Å²) in [6.45, 7) is 10.7. The lowest BCUT2D eigenvalue weighted by molar-refractivity contribution is 0.225. The van der Waals surface area contributed by atoms with Crippen LogP contribution in [0.15, 0.2) is 24.3 Å². The smallest absolute Gasteiger partial charge is 0.0991 e. The van der Waals surface area contributed by atoms with Crippen LogP contribution in [0.3, 0.4) is 0 Å². The zero-order valence-electron chi connectivity index (χ0n) is 11.6. The maximum Gasteiger partial charge on any atom is 0.0991 e. The van der Waals surface area contributed by atoms with Gasteiger partial charge in [-0.05, 0) is 37.7 Å². The number of hydrogen-bond donors (Lipinski definition) is 1. The van der Waals surface area contributed by atoms with Crippen LogP contribution in [0, 0.1) is 11.3 Å². The molecule has 1 aromatic rings. The number of rotatable bonds is 7. The van der Waals surface area contributed by atoms with Gasteiger partial charge in [-0.3, -0.25) is 4.90 Å². The number of likely N-dealkylation sites (N-methyl/N-ethyl adjacent to an activating group) is 1. The zero-order chi connectivity index (χ0) is 13.4. The number of hydrogen-bond acceptors (Lipinski definition) is 3. The van der Waals surface area contributed by atoms with E-state index in [4.69, 9.17) is 5.26 Å². The minimum atomic E-state index is 0.554. The van der Waals surface area contributed by atoms with E-state index in [0.717, 1.165) is 31.7 Å². The van der Waals surface area contributed by atoms with E-state index in [2.05, 4.69) is 37.1 Å². The summed E-state index contributed by atoms with van der Waals surface area (Å²) >= 11 is 0. The average Bonchev–Trinajstić information content (AvgIpc) is 2.41. The predicted octanol–water partition coefficient (Wildman–Crippen LogP) is 2.38. The van der Waals surface area contributed by atoms with Crippen LogP contribution < -0.4 is 5.32 Å². The van der Waals surface area contributed by atoms with Crippen LogP contribution in [0.1, 0.15) is 31.9 Å². The van der Waals surface area contributed by atoms with Crippen molar-refractivity contribution >= 4 is 0 Å². The standard InChI is InChI=1S/C15H23N3/c1-4-18(5-2)13(3)11-17-12-15-8-6-14(10-16)7-9-15/h6-9,13,17H,4-5,11-12H2,1-3H3. The monoisotopic (exact) mass is 245 g/mol. The van der Waals surface area contributed by atoms with E-state index in [0.29, 0.717) is 6.04 Å². The Hall–Kier alpha value is -1.37. The summed E-state index contributed by atoms with van der Waals surface area (Å²) < 4.78 is 0. The van der Waals surface area contributed by atoms with Crippen molar-refractivity contribution in [2.45, 2.75) is 33.4 Å². The van der Waals surface area contributed by atoms with Gasteiger partial charge in [-0.25, -0.2) is 0 Å². The molecular weight excluding hydrogens is 222 g/mol. The van der Waals surface area contributed by atoms with Crippen LogP contribution in [0.4, 0.5) is 0 Å². The van der Waals surface area contributed by atoms with Gasteiger partial charge < -0.3 is 5.32 Å². The Labute approximate surface area is 110 Å². The van der Waals surface area contributed by atoms with Gasteiger partial charge in [0.1, 0.15) is 0 Å². The molecular formula is C15H23N3. The van der Waals surface area contributed by atoms with Crippen molar-refractivity contribution in [1.29, 1.82) is 5.26 Å². The van der Waals surface area contributed by atoms with Crippen LogP contribution >= 0.6 is 0 Å². The van der Waals surface area contributed by atoms with Gasteiger partial charge >= 0.3 is 0 Å². The third kappa shape index (κ3) is 4.48. The summed E-state index contributed by atoms with van der Waals surface area (Å²) in [4.78, 5) is 2.44. The van der Waals surface area contributed by atoms with E-state index in [1.807, 2.05) is 24.3 Å². The van der Waals surface area contributed by atoms with E-state index >= 15 is 0 Å². The Morgan fingerprint density at radius 2 is 1.83 bits per heavy atom. The third-order valence-electron chi connectivity index (χ3n) is 3.29. The lowest BCUT2D eigenvalue weighted by atomic mass is 10.1. The molecule has 18 heavy (non-hydrogen) atoms. The molecule has 1 unspecified atom stereocenters. The van der Waals surface area contributed by atoms with Crippen LogP contribution in [0.25, 0.3) is 0 Å². The fourth-order valence-corrected chi connectivity index (χ4v) is 2.10. The molecule has 0 bridgehead atoms. The molecule has 0 spiro atoms. The highest BCUT2D eigenvalue weighted by molar-refractivity contribution is 5.31. The Balaban J connectivity index is 2.35. The molecule has 1 atom stereocenters. The normalized spacial score (nSPS) is 12.4. The highest BCUT2D eigenvalue weighted by atomic mass is 15.2. The highest BCUT2D eigenvalue weighted by Gasteiger charge is 2.08. The van der Waals surface area contributed by atoms with Crippen molar-refractivity contribution in [3.63, 3.8) is 0 Å². The fraction of sp³-hybridized carbons (Fsp3) is 0.533. The summed E-state index contributed by atoms with van der Waals surface area (Å²) in [6.07, 6.45) is 0. The Bertz CT molecular complexity index is 374. The van der Waals surface area contributed by atoms with Crippen molar-refractivity contribution in [2.24, 2.45) is 0 Å². The molecule has 3 heteroatoms. The molecule has 3 nitrogen and oxygen atoms in total. The maximum absolute atomic E-state index is 8.72. The molecule has 0 radical (unpaired) electrons. The molecule has 0 fully saturated rings. The summed E-state index contributed by atoms with van der Waals surface area (Å²) in [5, 5.41) is 12.2. The van der Waals surface area contributed by atoms with Crippen LogP contribution in [0.2, 0.25) is 0 Å². The molecule has 0 amide bonds. The van der Waals surface area contributed by atoms with Crippen molar-refractivity contribution in [1.82, 2.24) is 10.2 Å². The molecule has 0 aliphatic carbocycles. The largest absolute Gasteiger partial charge is 0.311 e. The average molecular weight is 245 g/mol. The van der Waals surface area contributed by atoms with Gasteiger partial charge in [0.15, 0.2) is 0 Å². The van der Waals surface area contributed by atoms with Gasteiger partial charge in [0, 0.05) is 19.1 Å². The number of benzene rings is 1. The van der Waals surface area contributed by atoms with E-state index in [9.17, 15) is 0 Å². The van der Waals surface area contributed by atoms with Crippen LogP contribution in [-0.2, 0) is 6.54 Å². The minimum absolute atomic E-state index is 0.554. The van der Waals surface area contributed by atoms with Gasteiger partial charge in [0.05, 0.1) is 11.6 Å². The molecule has 0 saturated carbocycles. The quantitative estimate of drug-likeness (QED) is 0.801. The first-order valence-corrected chi connectivity index (χ1v) is 6.65. The van der Waals surface area contributed by atoms with Gasteiger partial charge in [-0.2, -0.15) is 5.26 Å². The molecule has 0 heterocycles. The second-order valence-corrected chi connectivity index (χ2v) is 4.51. The number of nitrogens with one attached hydrogen (secondary N) is 1. The molecule has 1 rings (SSSR count). The number of nitriles is 1. The lowest BCUT2D eigenvalue weighted by Gasteiger charge is -2.26. The Kier molecular flexibility index (Phi) is 6.42. The van der Waals surface area contributed by atoms with Crippen LogP contribution in [-0.4, -0.2) is 30.6 Å². The first-order valence-electron chi connectivity index (χ1n) is 6.65. The SMILES string of the molecule is CCN(CC)C(C)CNCc1ccc(C#N)cc1. The second kappa shape index (κ2) is 7.86. The maximum atomic E-state index is 8.72. The molecule has 1 N–H and O–H groups in total. The number of nitrogens with zero attached hydrogens (tertiary/aromatic N) is 2. The van der Waals surface area contributed by atoms with Gasteiger partial charge in [-0.1, -0.05) is 26.0 Å². The fourth-order valence-electron chi connectivity index (χ4n) is 2.10. The van der Waals surface area contributed by atoms with Crippen molar-refractivity contribution in [3.05, 3.63) is 35.4 Å². The van der Waals surface area contributed by atoms with E-state index in [1.54, 1.807) is 0 Å². The summed E-state index contributed by atoms with van der Waals surface area (Å²) in [6, 6.07) is 10.4. The highest BCUT2D eigenvalue weighted by Crippen LogP contribution is 2.03. The van der Waals surface area contributed by atoms with Crippen molar-refractivity contribution in [3.8, 4) is 6.07 Å². The first kappa shape index (κ1) is 14.7. The molecule has 98 valence electrons. The molecule has 0 aliphatic heterocycles. The summed E-state index contributed by atoms with van der Waals surface area (Å²) in [7, 11) is 0. The summed E-state index contributed by atoms with van der Waals surface area (Å²) in [5.41, 5.74) is 1.94. The minimum Gasteiger partial charge on any atom is -0.311 e. The molecule has 0 aromatic heterocycles. The molecule has 1 aromatic carbocycles. The Morgan fingerprint density at radius 1 is 1.22 bits per heavy atom. The predicted molar refractivity (Wildman–Crippen MR) is 75.2 cm³/mol. The van der Waals surface area contributed by atoms with Crippen molar-refractivity contribution in [2.75, 3.05) is 19.6 Å². The topological polar surface area (TPSA) is 39.1 Å². The van der Waals surface area contributed by atoms with Gasteiger partial charge in [0.25, 0.3) is 0 Å². The second-order valence-electron chi connectivity index (χ2n) is 4.51. The van der Waals surface area contributed by atoms with E-state index < -0.39 is 0 Å². The zero-order valence-corrected chi connectivity index (χ0v) is 11.6. The lowest BCUT2D eigenvalue weighted by Crippen LogP contribution is -2.39. The van der Waals surface area contributed by atoms with Gasteiger partial charge in [-0.15, -0.1) is 0 Å². The summed E-state index contributed by atoms with van der Waals surface area (Å²) in [5.74, 6) is 0. The van der Waals surface area contributed by atoms with E-state index in [-0.39, 0.29) is 0 Å². The van der Waals surface area contributed by atoms with Gasteiger partial charge in [0.2, 0.25) is 0 Å². The Morgan fingerprint density at radius 3 is 2.33 bits per heavy atom. The van der Waals surface area contributed by atoms with Crippen LogP contribution in [0.5, 0.6) is 0 Å². The third-order valence-corrected chi connectivity index (χ3v) is 3.29. The molecule has 0 aliphatic rings. The molecule has 0 saturated heterocycles. The first-order chi connectivity index (χ1) is 8.71.